The summed E-state index contributed by atoms with van der Waals surface area (Å²) in [5.41, 5.74) is 1.64. The molecule has 1 aromatic carbocycles. The Morgan fingerprint density at radius 1 is 0.861 bits per heavy atom. The topological polar surface area (TPSA) is 20.2 Å². The highest BCUT2D eigenvalue weighted by Crippen LogP contribution is 2.69. The Hall–Kier alpha value is -0.890. The van der Waals surface area contributed by atoms with E-state index in [0.717, 1.165) is 53.9 Å². The van der Waals surface area contributed by atoms with Gasteiger partial charge in [0.2, 0.25) is 0 Å². The van der Waals surface area contributed by atoms with E-state index >= 15 is 0 Å². The molecule has 1 aromatic rings. The Balaban J connectivity index is 1.32. The largest absolute Gasteiger partial charge is 0.393 e. The summed E-state index contributed by atoms with van der Waals surface area (Å²) < 4.78 is 14.6. The van der Waals surface area contributed by atoms with Crippen LogP contribution in [0.4, 0.5) is 4.39 Å². The fourth-order valence-electron chi connectivity index (χ4n) is 10.7. The van der Waals surface area contributed by atoms with Gasteiger partial charge in [0.1, 0.15) is 5.82 Å². The summed E-state index contributed by atoms with van der Waals surface area (Å²) in [5, 5.41) is 11.1. The van der Waals surface area contributed by atoms with E-state index in [9.17, 15) is 9.50 Å². The van der Waals surface area contributed by atoms with Gasteiger partial charge in [-0.2, -0.15) is 0 Å². The van der Waals surface area contributed by atoms with Gasteiger partial charge in [-0.25, -0.2) is 4.39 Å². The minimum absolute atomic E-state index is 0.0985. The SMILES string of the molecule is CC(C)CCC[C@@H](C)[C@H]1CC[C@H]2[C@@H]3CCC4[C@H](Cc5ccccc5F)[C@H](O)CC[C@]4(C)[C@H]3CC[C@]12C. The quantitative estimate of drug-likeness (QED) is 0.399. The summed E-state index contributed by atoms with van der Waals surface area (Å²) in [6.07, 6.45) is 14.9. The van der Waals surface area contributed by atoms with Crippen LogP contribution in [-0.2, 0) is 6.42 Å². The standard InChI is InChI=1S/C34H53FO/c1-22(2)9-8-10-23(3)27-15-16-28-25-13-14-29-26(21-24-11-6-7-12-31(24)35)32(36)18-20-34(29,5)30(25)17-19-33(27,28)4/h6-7,11-12,22-23,25-30,32,36H,8-10,13-21H2,1-5H3/t23-,25+,26+,27-,28+,29?,30+,32-,33-,34+/m1/s1. The minimum Gasteiger partial charge on any atom is -0.393 e. The second-order valence-corrected chi connectivity index (χ2v) is 14.7. The van der Waals surface area contributed by atoms with Crippen LogP contribution in [0.1, 0.15) is 111 Å². The van der Waals surface area contributed by atoms with Crippen LogP contribution in [0.3, 0.4) is 0 Å². The highest BCUT2D eigenvalue weighted by atomic mass is 19.1. The van der Waals surface area contributed by atoms with E-state index in [2.05, 4.69) is 34.6 Å². The molecule has 0 saturated heterocycles. The molecule has 5 rings (SSSR count). The summed E-state index contributed by atoms with van der Waals surface area (Å²) >= 11 is 0. The number of halogens is 1. The Labute approximate surface area is 221 Å². The van der Waals surface area contributed by atoms with E-state index < -0.39 is 0 Å². The van der Waals surface area contributed by atoms with Gasteiger partial charge in [0, 0.05) is 0 Å². The summed E-state index contributed by atoms with van der Waals surface area (Å²) in [6.45, 7) is 12.6. The van der Waals surface area contributed by atoms with Crippen molar-refractivity contribution in [2.45, 2.75) is 118 Å². The van der Waals surface area contributed by atoms with E-state index in [1.54, 1.807) is 12.1 Å². The van der Waals surface area contributed by atoms with E-state index in [1.165, 1.54) is 57.8 Å². The average molecular weight is 497 g/mol. The summed E-state index contributed by atoms with van der Waals surface area (Å²) in [4.78, 5) is 0. The molecule has 4 aliphatic carbocycles. The van der Waals surface area contributed by atoms with Gasteiger partial charge in [0.25, 0.3) is 0 Å². The third-order valence-corrected chi connectivity index (χ3v) is 12.5. The molecule has 1 nitrogen and oxygen atoms in total. The molecule has 0 radical (unpaired) electrons. The molecule has 1 unspecified atom stereocenters. The molecule has 4 aliphatic rings. The number of benzene rings is 1. The third kappa shape index (κ3) is 4.60. The second-order valence-electron chi connectivity index (χ2n) is 14.7. The number of aliphatic hydroxyl groups is 1. The van der Waals surface area contributed by atoms with Crippen molar-refractivity contribution in [3.8, 4) is 0 Å². The number of aliphatic hydroxyl groups excluding tert-OH is 1. The van der Waals surface area contributed by atoms with Crippen molar-refractivity contribution < 1.29 is 9.50 Å². The van der Waals surface area contributed by atoms with Gasteiger partial charge >= 0.3 is 0 Å². The van der Waals surface area contributed by atoms with Crippen molar-refractivity contribution >= 4 is 0 Å². The van der Waals surface area contributed by atoms with Gasteiger partial charge in [-0.05, 0) is 128 Å². The predicted octanol–water partition coefficient (Wildman–Crippen LogP) is 9.08. The molecule has 2 heteroatoms. The van der Waals surface area contributed by atoms with Crippen LogP contribution in [0.5, 0.6) is 0 Å². The lowest BCUT2D eigenvalue weighted by Crippen LogP contribution is -2.57. The Morgan fingerprint density at radius 2 is 1.56 bits per heavy atom. The molecule has 0 amide bonds. The molecule has 1 N–H and O–H groups in total. The normalized spacial score (nSPS) is 43.1. The number of rotatable bonds is 7. The number of fused-ring (bicyclic) bond motifs is 5. The van der Waals surface area contributed by atoms with Gasteiger partial charge < -0.3 is 5.11 Å². The first kappa shape index (κ1) is 26.7. The van der Waals surface area contributed by atoms with Crippen LogP contribution < -0.4 is 0 Å². The fourth-order valence-corrected chi connectivity index (χ4v) is 10.7. The monoisotopic (exact) mass is 496 g/mol. The highest BCUT2D eigenvalue weighted by Gasteiger charge is 2.61. The molecule has 0 bridgehead atoms. The zero-order valence-electron chi connectivity index (χ0n) is 23.8. The van der Waals surface area contributed by atoms with Crippen LogP contribution >= 0.6 is 0 Å². The molecule has 0 aromatic heterocycles. The van der Waals surface area contributed by atoms with Gasteiger partial charge in [0.05, 0.1) is 6.10 Å². The Bertz CT molecular complexity index is 895. The first-order chi connectivity index (χ1) is 17.1. The highest BCUT2D eigenvalue weighted by molar-refractivity contribution is 5.20. The van der Waals surface area contributed by atoms with Crippen LogP contribution in [0.25, 0.3) is 0 Å². The third-order valence-electron chi connectivity index (χ3n) is 12.5. The zero-order valence-corrected chi connectivity index (χ0v) is 23.8. The first-order valence-corrected chi connectivity index (χ1v) is 15.6. The van der Waals surface area contributed by atoms with Crippen LogP contribution in [0.2, 0.25) is 0 Å². The molecule has 10 atom stereocenters. The smallest absolute Gasteiger partial charge is 0.126 e. The number of hydrogen-bond acceptors (Lipinski definition) is 1. The van der Waals surface area contributed by atoms with Gasteiger partial charge in [-0.1, -0.05) is 72.1 Å². The van der Waals surface area contributed by atoms with E-state index in [4.69, 9.17) is 0 Å². The van der Waals surface area contributed by atoms with Crippen molar-refractivity contribution in [1.82, 2.24) is 0 Å². The van der Waals surface area contributed by atoms with E-state index in [-0.39, 0.29) is 17.8 Å². The first-order valence-electron chi connectivity index (χ1n) is 15.6. The lowest BCUT2D eigenvalue weighted by Gasteiger charge is -2.63. The van der Waals surface area contributed by atoms with Gasteiger partial charge in [0.15, 0.2) is 0 Å². The molecule has 202 valence electrons. The van der Waals surface area contributed by atoms with Crippen molar-refractivity contribution in [1.29, 1.82) is 0 Å². The molecule has 0 aliphatic heterocycles. The van der Waals surface area contributed by atoms with Crippen LogP contribution in [-0.4, -0.2) is 11.2 Å². The Kier molecular flexibility index (Phi) is 7.68. The maximum absolute atomic E-state index is 14.6. The van der Waals surface area contributed by atoms with Crippen molar-refractivity contribution in [3.63, 3.8) is 0 Å². The van der Waals surface area contributed by atoms with Crippen LogP contribution in [0, 0.1) is 64.0 Å². The van der Waals surface area contributed by atoms with Crippen molar-refractivity contribution in [3.05, 3.63) is 35.6 Å². The summed E-state index contributed by atoms with van der Waals surface area (Å²) in [7, 11) is 0. The molecule has 4 saturated carbocycles. The van der Waals surface area contributed by atoms with Gasteiger partial charge in [-0.3, -0.25) is 0 Å². The maximum Gasteiger partial charge on any atom is 0.126 e. The lowest BCUT2D eigenvalue weighted by atomic mass is 9.42. The second kappa shape index (κ2) is 10.3. The van der Waals surface area contributed by atoms with E-state index in [1.807, 2.05) is 12.1 Å². The predicted molar refractivity (Wildman–Crippen MR) is 148 cm³/mol. The number of hydrogen-bond donors (Lipinski definition) is 1. The van der Waals surface area contributed by atoms with Crippen molar-refractivity contribution in [2.75, 3.05) is 0 Å². The molecule has 4 fully saturated rings. The maximum atomic E-state index is 14.6. The molecular formula is C34H53FO. The fraction of sp³-hybridized carbons (Fsp3) is 0.824. The molecule has 0 heterocycles. The van der Waals surface area contributed by atoms with E-state index in [0.29, 0.717) is 23.2 Å². The van der Waals surface area contributed by atoms with Gasteiger partial charge in [-0.15, -0.1) is 0 Å². The minimum atomic E-state index is -0.282. The summed E-state index contributed by atoms with van der Waals surface area (Å²) in [5.74, 6) is 5.77. The molecule has 0 spiro atoms. The summed E-state index contributed by atoms with van der Waals surface area (Å²) in [6, 6.07) is 7.26. The average Bonchev–Trinajstić information content (AvgIpc) is 3.19. The molecular weight excluding hydrogens is 443 g/mol. The Morgan fingerprint density at radius 3 is 2.31 bits per heavy atom. The molecule has 36 heavy (non-hydrogen) atoms. The van der Waals surface area contributed by atoms with Crippen LogP contribution in [0.15, 0.2) is 24.3 Å². The lowest BCUT2D eigenvalue weighted by molar-refractivity contribution is -0.152. The van der Waals surface area contributed by atoms with Crippen molar-refractivity contribution in [2.24, 2.45) is 58.2 Å². The zero-order chi connectivity index (χ0) is 25.7.